The van der Waals surface area contributed by atoms with Gasteiger partial charge >= 0.3 is 5.97 Å². The summed E-state index contributed by atoms with van der Waals surface area (Å²) < 4.78 is 4.61. The van der Waals surface area contributed by atoms with Crippen LogP contribution in [0.25, 0.3) is 0 Å². The van der Waals surface area contributed by atoms with Crippen LogP contribution in [-0.2, 0) is 14.3 Å². The van der Waals surface area contributed by atoms with Crippen LogP contribution >= 0.6 is 11.8 Å². The molecule has 0 radical (unpaired) electrons. The fourth-order valence-electron chi connectivity index (χ4n) is 0.438. The van der Waals surface area contributed by atoms with Crippen LogP contribution < -0.4 is 5.73 Å². The Morgan fingerprint density at radius 1 is 1.45 bits per heavy atom. The molecule has 0 saturated carbocycles. The van der Waals surface area contributed by atoms with Gasteiger partial charge in [0.2, 0.25) is 5.91 Å². The summed E-state index contributed by atoms with van der Waals surface area (Å²) in [6.07, 6.45) is 0. The second kappa shape index (κ2) is 6.03. The number of ether oxygens (including phenoxy) is 1. The highest BCUT2D eigenvalue weighted by Crippen LogP contribution is 1.98. The lowest BCUT2D eigenvalue weighted by Gasteiger charge is -1.98. The number of primary amides is 1. The summed E-state index contributed by atoms with van der Waals surface area (Å²) in [5.41, 5.74) is 4.84. The minimum atomic E-state index is -0.417. The SMILES string of the molecule is CCOC(=O)CSCC(N)=O. The molecule has 5 heteroatoms. The molecule has 0 atom stereocenters. The molecular formula is C6H11NO3S. The van der Waals surface area contributed by atoms with Crippen LogP contribution in [0, 0.1) is 0 Å². The van der Waals surface area contributed by atoms with Crippen molar-refractivity contribution in [3.05, 3.63) is 0 Å². The quantitative estimate of drug-likeness (QED) is 0.589. The van der Waals surface area contributed by atoms with Gasteiger partial charge in [0.1, 0.15) is 0 Å². The molecule has 0 fully saturated rings. The van der Waals surface area contributed by atoms with Crippen LogP contribution in [0.4, 0.5) is 0 Å². The van der Waals surface area contributed by atoms with Crippen LogP contribution in [0.1, 0.15) is 6.92 Å². The molecule has 0 bridgehead atoms. The van der Waals surface area contributed by atoms with Crippen molar-refractivity contribution in [1.82, 2.24) is 0 Å². The van der Waals surface area contributed by atoms with E-state index in [1.807, 2.05) is 0 Å². The number of carbonyl (C=O) groups excluding carboxylic acids is 2. The molecule has 2 N–H and O–H groups in total. The number of carbonyl (C=O) groups is 2. The van der Waals surface area contributed by atoms with E-state index < -0.39 is 5.91 Å². The zero-order chi connectivity index (χ0) is 8.69. The normalized spacial score (nSPS) is 9.18. The third-order valence-electron chi connectivity index (χ3n) is 0.770. The molecule has 64 valence electrons. The Hall–Kier alpha value is -0.710. The first kappa shape index (κ1) is 10.3. The first-order chi connectivity index (χ1) is 5.16. The smallest absolute Gasteiger partial charge is 0.315 e. The van der Waals surface area contributed by atoms with Crippen molar-refractivity contribution < 1.29 is 14.3 Å². The Kier molecular flexibility index (Phi) is 5.64. The Labute approximate surface area is 69.5 Å². The van der Waals surface area contributed by atoms with Gasteiger partial charge in [0, 0.05) is 0 Å². The van der Waals surface area contributed by atoms with Gasteiger partial charge in [0.25, 0.3) is 0 Å². The van der Waals surface area contributed by atoms with E-state index >= 15 is 0 Å². The van der Waals surface area contributed by atoms with E-state index in [9.17, 15) is 9.59 Å². The Balaban J connectivity index is 3.24. The zero-order valence-electron chi connectivity index (χ0n) is 6.33. The highest BCUT2D eigenvalue weighted by atomic mass is 32.2. The molecule has 0 aliphatic rings. The van der Waals surface area contributed by atoms with Crippen LogP contribution in [0.2, 0.25) is 0 Å². The molecule has 0 saturated heterocycles. The van der Waals surface area contributed by atoms with Gasteiger partial charge in [-0.25, -0.2) is 0 Å². The van der Waals surface area contributed by atoms with Crippen molar-refractivity contribution in [2.75, 3.05) is 18.1 Å². The average molecular weight is 177 g/mol. The van der Waals surface area contributed by atoms with Gasteiger partial charge in [-0.2, -0.15) is 0 Å². The molecule has 0 aromatic carbocycles. The molecule has 0 heterocycles. The number of hydrogen-bond donors (Lipinski definition) is 1. The summed E-state index contributed by atoms with van der Waals surface area (Å²) in [5.74, 6) is -0.367. The lowest BCUT2D eigenvalue weighted by atomic mass is 10.7. The average Bonchev–Trinajstić information content (AvgIpc) is 1.87. The van der Waals surface area contributed by atoms with Gasteiger partial charge in [-0.3, -0.25) is 9.59 Å². The molecule has 11 heavy (non-hydrogen) atoms. The predicted molar refractivity (Wildman–Crippen MR) is 43.2 cm³/mol. The molecular weight excluding hydrogens is 166 g/mol. The largest absolute Gasteiger partial charge is 0.465 e. The van der Waals surface area contributed by atoms with Crippen molar-refractivity contribution in [3.63, 3.8) is 0 Å². The summed E-state index contributed by atoms with van der Waals surface area (Å²) >= 11 is 1.16. The number of nitrogens with two attached hydrogens (primary N) is 1. The topological polar surface area (TPSA) is 69.4 Å². The lowest BCUT2D eigenvalue weighted by Crippen LogP contribution is -2.15. The van der Waals surface area contributed by atoms with Gasteiger partial charge in [0.15, 0.2) is 0 Å². The zero-order valence-corrected chi connectivity index (χ0v) is 7.15. The van der Waals surface area contributed by atoms with Crippen molar-refractivity contribution in [3.8, 4) is 0 Å². The van der Waals surface area contributed by atoms with Crippen molar-refractivity contribution >= 4 is 23.6 Å². The van der Waals surface area contributed by atoms with E-state index in [-0.39, 0.29) is 17.5 Å². The van der Waals surface area contributed by atoms with Gasteiger partial charge in [0.05, 0.1) is 18.1 Å². The second-order valence-corrected chi connectivity index (χ2v) is 2.75. The second-order valence-electron chi connectivity index (χ2n) is 1.76. The third kappa shape index (κ3) is 7.18. The van der Waals surface area contributed by atoms with Crippen LogP contribution in [0.5, 0.6) is 0 Å². The van der Waals surface area contributed by atoms with Crippen LogP contribution in [-0.4, -0.2) is 30.0 Å². The van der Waals surface area contributed by atoms with E-state index in [0.717, 1.165) is 11.8 Å². The third-order valence-corrected chi connectivity index (χ3v) is 1.70. The Morgan fingerprint density at radius 2 is 2.09 bits per heavy atom. The molecule has 0 aliphatic carbocycles. The fourth-order valence-corrected chi connectivity index (χ4v) is 0.991. The van der Waals surface area contributed by atoms with Crippen LogP contribution in [0.3, 0.4) is 0 Å². The Bertz CT molecular complexity index is 149. The lowest BCUT2D eigenvalue weighted by molar-refractivity contribution is -0.139. The van der Waals surface area contributed by atoms with Crippen molar-refractivity contribution in [2.45, 2.75) is 6.92 Å². The molecule has 0 unspecified atom stereocenters. The highest BCUT2D eigenvalue weighted by Gasteiger charge is 2.02. The van der Waals surface area contributed by atoms with Crippen LogP contribution in [0.15, 0.2) is 0 Å². The van der Waals surface area contributed by atoms with E-state index in [0.29, 0.717) is 6.61 Å². The van der Waals surface area contributed by atoms with E-state index in [1.54, 1.807) is 6.92 Å². The summed E-state index contributed by atoms with van der Waals surface area (Å²) in [6.45, 7) is 2.10. The van der Waals surface area contributed by atoms with Gasteiger partial charge in [-0.15, -0.1) is 11.8 Å². The number of rotatable bonds is 5. The molecule has 0 spiro atoms. The maximum absolute atomic E-state index is 10.6. The molecule has 4 nitrogen and oxygen atoms in total. The minimum Gasteiger partial charge on any atom is -0.465 e. The summed E-state index contributed by atoms with van der Waals surface area (Å²) in [6, 6.07) is 0. The number of amides is 1. The summed E-state index contributed by atoms with van der Waals surface area (Å²) in [7, 11) is 0. The molecule has 0 aromatic rings. The standard InChI is InChI=1S/C6H11NO3S/c1-2-10-6(9)4-11-3-5(7)8/h2-4H2,1H3,(H2,7,8). The monoisotopic (exact) mass is 177 g/mol. The summed E-state index contributed by atoms with van der Waals surface area (Å²) in [5, 5.41) is 0. The maximum atomic E-state index is 10.6. The predicted octanol–water partition coefficient (Wildman–Crippen LogP) is -0.232. The maximum Gasteiger partial charge on any atom is 0.315 e. The van der Waals surface area contributed by atoms with Crippen molar-refractivity contribution in [1.29, 1.82) is 0 Å². The number of thioether (sulfide) groups is 1. The molecule has 0 aromatic heterocycles. The van der Waals surface area contributed by atoms with Gasteiger partial charge in [-0.1, -0.05) is 0 Å². The number of hydrogen-bond acceptors (Lipinski definition) is 4. The Morgan fingerprint density at radius 3 is 2.55 bits per heavy atom. The van der Waals surface area contributed by atoms with E-state index in [2.05, 4.69) is 4.74 Å². The molecule has 0 aliphatic heterocycles. The first-order valence-corrected chi connectivity index (χ1v) is 4.34. The molecule has 1 amide bonds. The van der Waals surface area contributed by atoms with Crippen molar-refractivity contribution in [2.24, 2.45) is 5.73 Å². The minimum absolute atomic E-state index is 0.165. The van der Waals surface area contributed by atoms with E-state index in [4.69, 9.17) is 5.73 Å². The van der Waals surface area contributed by atoms with E-state index in [1.165, 1.54) is 0 Å². The molecule has 0 rings (SSSR count). The first-order valence-electron chi connectivity index (χ1n) is 3.18. The highest BCUT2D eigenvalue weighted by molar-refractivity contribution is 8.00. The fraction of sp³-hybridized carbons (Fsp3) is 0.667. The van der Waals surface area contributed by atoms with Gasteiger partial charge < -0.3 is 10.5 Å². The summed E-state index contributed by atoms with van der Waals surface area (Å²) in [4.78, 5) is 20.8. The number of esters is 1. The van der Waals surface area contributed by atoms with Gasteiger partial charge in [-0.05, 0) is 6.92 Å².